The maximum Gasteiger partial charge on any atom is 0.146 e. The fourth-order valence-electron chi connectivity index (χ4n) is 2.15. The van der Waals surface area contributed by atoms with E-state index in [-0.39, 0.29) is 5.82 Å². The minimum atomic E-state index is -0.225. The maximum atomic E-state index is 13.4. The summed E-state index contributed by atoms with van der Waals surface area (Å²) in [6.07, 6.45) is 2.26. The zero-order valence-electron chi connectivity index (χ0n) is 9.63. The van der Waals surface area contributed by atoms with Crippen molar-refractivity contribution in [1.82, 2.24) is 0 Å². The molecule has 1 nitrogen and oxygen atoms in total. The van der Waals surface area contributed by atoms with Crippen LogP contribution in [0.25, 0.3) is 0 Å². The van der Waals surface area contributed by atoms with Crippen LogP contribution in [0, 0.1) is 17.7 Å². The van der Waals surface area contributed by atoms with Gasteiger partial charge in [0, 0.05) is 11.1 Å². The standard InChI is InChI=1S/C13H17ClFN/c1-8(2)9-5-11(6-9)16-13-7-10(14)3-4-12(13)15/h3-4,7-9,11,16H,5-6H2,1-2H3. The third-order valence-electron chi connectivity index (χ3n) is 3.41. The SMILES string of the molecule is CC(C)C1CC(Nc2cc(Cl)ccc2F)C1. The third-order valence-corrected chi connectivity index (χ3v) is 3.64. The predicted octanol–water partition coefficient (Wildman–Crippen LogP) is 4.33. The quantitative estimate of drug-likeness (QED) is 0.831. The van der Waals surface area contributed by atoms with E-state index in [0.29, 0.717) is 16.8 Å². The van der Waals surface area contributed by atoms with Crippen molar-refractivity contribution in [3.8, 4) is 0 Å². The van der Waals surface area contributed by atoms with Crippen molar-refractivity contribution >= 4 is 17.3 Å². The largest absolute Gasteiger partial charge is 0.380 e. The first-order valence-electron chi connectivity index (χ1n) is 5.78. The number of rotatable bonds is 3. The molecule has 0 heterocycles. The van der Waals surface area contributed by atoms with Crippen molar-refractivity contribution in [3.05, 3.63) is 29.0 Å². The second-order valence-corrected chi connectivity index (χ2v) is 5.38. The highest BCUT2D eigenvalue weighted by Crippen LogP contribution is 2.36. The van der Waals surface area contributed by atoms with Gasteiger partial charge in [-0.3, -0.25) is 0 Å². The lowest BCUT2D eigenvalue weighted by Gasteiger charge is -2.39. The second kappa shape index (κ2) is 4.62. The lowest BCUT2D eigenvalue weighted by Crippen LogP contribution is -2.38. The molecule has 3 heteroatoms. The van der Waals surface area contributed by atoms with Crippen LogP contribution in [0.1, 0.15) is 26.7 Å². The highest BCUT2D eigenvalue weighted by molar-refractivity contribution is 6.30. The summed E-state index contributed by atoms with van der Waals surface area (Å²) >= 11 is 5.83. The van der Waals surface area contributed by atoms with Crippen LogP contribution in [0.5, 0.6) is 0 Å². The Morgan fingerprint density at radius 2 is 2.06 bits per heavy atom. The van der Waals surface area contributed by atoms with Gasteiger partial charge in [-0.25, -0.2) is 4.39 Å². The summed E-state index contributed by atoms with van der Waals surface area (Å²) in [6.45, 7) is 4.47. The van der Waals surface area contributed by atoms with E-state index in [1.165, 1.54) is 6.07 Å². The zero-order valence-corrected chi connectivity index (χ0v) is 10.4. The van der Waals surface area contributed by atoms with Crippen molar-refractivity contribution in [1.29, 1.82) is 0 Å². The Bertz CT molecular complexity index is 372. The summed E-state index contributed by atoms with van der Waals surface area (Å²) in [5.41, 5.74) is 0.528. The summed E-state index contributed by atoms with van der Waals surface area (Å²) in [6, 6.07) is 5.03. The van der Waals surface area contributed by atoms with Crippen molar-refractivity contribution in [2.75, 3.05) is 5.32 Å². The van der Waals surface area contributed by atoms with E-state index in [9.17, 15) is 4.39 Å². The van der Waals surface area contributed by atoms with Crippen molar-refractivity contribution in [2.24, 2.45) is 11.8 Å². The van der Waals surface area contributed by atoms with E-state index in [0.717, 1.165) is 24.7 Å². The van der Waals surface area contributed by atoms with Gasteiger partial charge in [-0.1, -0.05) is 25.4 Å². The molecule has 16 heavy (non-hydrogen) atoms. The van der Waals surface area contributed by atoms with Gasteiger partial charge in [-0.05, 0) is 42.9 Å². The third kappa shape index (κ3) is 2.49. The lowest BCUT2D eigenvalue weighted by molar-refractivity contribution is 0.211. The average Bonchev–Trinajstić information content (AvgIpc) is 2.15. The summed E-state index contributed by atoms with van der Waals surface area (Å²) in [5.74, 6) is 1.28. The number of anilines is 1. The first-order valence-corrected chi connectivity index (χ1v) is 6.15. The van der Waals surface area contributed by atoms with E-state index in [1.54, 1.807) is 12.1 Å². The molecule has 88 valence electrons. The molecule has 0 aromatic heterocycles. The number of benzene rings is 1. The Labute approximate surface area is 101 Å². The first kappa shape index (κ1) is 11.7. The molecular formula is C13H17ClFN. The van der Waals surface area contributed by atoms with Gasteiger partial charge in [-0.2, -0.15) is 0 Å². The Morgan fingerprint density at radius 1 is 1.38 bits per heavy atom. The molecule has 1 aliphatic rings. The number of halogens is 2. The average molecular weight is 242 g/mol. The van der Waals surface area contributed by atoms with Crippen LogP contribution >= 0.6 is 11.6 Å². The summed E-state index contributed by atoms with van der Waals surface area (Å²) in [4.78, 5) is 0. The van der Waals surface area contributed by atoms with Gasteiger partial charge in [0.25, 0.3) is 0 Å². The van der Waals surface area contributed by atoms with Crippen LogP contribution in [0.3, 0.4) is 0 Å². The Kier molecular flexibility index (Phi) is 3.38. The van der Waals surface area contributed by atoms with E-state index in [2.05, 4.69) is 19.2 Å². The molecular weight excluding hydrogens is 225 g/mol. The van der Waals surface area contributed by atoms with Gasteiger partial charge in [0.15, 0.2) is 0 Å². The summed E-state index contributed by atoms with van der Waals surface area (Å²) < 4.78 is 13.4. The molecule has 0 saturated heterocycles. The highest BCUT2D eigenvalue weighted by Gasteiger charge is 2.31. The van der Waals surface area contributed by atoms with Gasteiger partial charge in [0.05, 0.1) is 5.69 Å². The fraction of sp³-hybridized carbons (Fsp3) is 0.538. The number of nitrogens with one attached hydrogen (secondary N) is 1. The topological polar surface area (TPSA) is 12.0 Å². The molecule has 0 unspecified atom stereocenters. The van der Waals surface area contributed by atoms with Crippen molar-refractivity contribution in [3.63, 3.8) is 0 Å². The lowest BCUT2D eigenvalue weighted by atomic mass is 9.73. The molecule has 1 aromatic carbocycles. The van der Waals surface area contributed by atoms with E-state index in [1.807, 2.05) is 0 Å². The number of hydrogen-bond donors (Lipinski definition) is 1. The smallest absolute Gasteiger partial charge is 0.146 e. The minimum absolute atomic E-state index is 0.225. The van der Waals surface area contributed by atoms with Gasteiger partial charge >= 0.3 is 0 Å². The molecule has 0 aliphatic heterocycles. The first-order chi connectivity index (χ1) is 7.56. The molecule has 0 bridgehead atoms. The van der Waals surface area contributed by atoms with Crippen molar-refractivity contribution < 1.29 is 4.39 Å². The van der Waals surface area contributed by atoms with E-state index in [4.69, 9.17) is 11.6 Å². The van der Waals surface area contributed by atoms with E-state index >= 15 is 0 Å². The van der Waals surface area contributed by atoms with Crippen LogP contribution < -0.4 is 5.32 Å². The molecule has 1 N–H and O–H groups in total. The molecule has 1 aliphatic carbocycles. The fourth-order valence-corrected chi connectivity index (χ4v) is 2.32. The molecule has 2 rings (SSSR count). The molecule has 1 saturated carbocycles. The molecule has 0 radical (unpaired) electrons. The van der Waals surface area contributed by atoms with Crippen LogP contribution in [0.2, 0.25) is 5.02 Å². The van der Waals surface area contributed by atoms with Crippen LogP contribution in [-0.2, 0) is 0 Å². The summed E-state index contributed by atoms with van der Waals surface area (Å²) in [5, 5.41) is 3.79. The van der Waals surface area contributed by atoms with E-state index < -0.39 is 0 Å². The van der Waals surface area contributed by atoms with Crippen LogP contribution in [0.15, 0.2) is 18.2 Å². The highest BCUT2D eigenvalue weighted by atomic mass is 35.5. The van der Waals surface area contributed by atoms with Gasteiger partial charge < -0.3 is 5.32 Å². The normalized spacial score (nSPS) is 24.3. The molecule has 0 amide bonds. The van der Waals surface area contributed by atoms with Crippen LogP contribution in [0.4, 0.5) is 10.1 Å². The zero-order chi connectivity index (χ0) is 11.7. The molecule has 1 aromatic rings. The maximum absolute atomic E-state index is 13.4. The Balaban J connectivity index is 1.94. The van der Waals surface area contributed by atoms with Crippen LogP contribution in [-0.4, -0.2) is 6.04 Å². The van der Waals surface area contributed by atoms with Gasteiger partial charge in [0.2, 0.25) is 0 Å². The molecule has 0 atom stereocenters. The predicted molar refractivity (Wildman–Crippen MR) is 66.4 cm³/mol. The second-order valence-electron chi connectivity index (χ2n) is 4.94. The summed E-state index contributed by atoms with van der Waals surface area (Å²) in [7, 11) is 0. The molecule has 1 fully saturated rings. The molecule has 0 spiro atoms. The monoisotopic (exact) mass is 241 g/mol. The van der Waals surface area contributed by atoms with Crippen molar-refractivity contribution in [2.45, 2.75) is 32.7 Å². The van der Waals surface area contributed by atoms with Gasteiger partial charge in [-0.15, -0.1) is 0 Å². The number of hydrogen-bond acceptors (Lipinski definition) is 1. The Hall–Kier alpha value is -0.760. The minimum Gasteiger partial charge on any atom is -0.380 e. The van der Waals surface area contributed by atoms with Gasteiger partial charge in [0.1, 0.15) is 5.82 Å². The Morgan fingerprint density at radius 3 is 2.69 bits per heavy atom.